The molecule has 1 N–H and O–H groups in total. The molecule has 58 valence electrons. The summed E-state index contributed by atoms with van der Waals surface area (Å²) in [5.74, 6) is -1.05. The Morgan fingerprint density at radius 2 is 2.27 bits per heavy atom. The van der Waals surface area contributed by atoms with Gasteiger partial charge in [0, 0.05) is 12.4 Å². The number of carbonyl (C=O) groups is 1. The number of aromatic carboxylic acids is 1. The standard InChI is InChI=1S/C7H6ClNO2/c1-4-2-9-3-5(6(4)8)7(10)11/h2-3H,1H3,(H,10,11). The van der Waals surface area contributed by atoms with Gasteiger partial charge in [0.05, 0.1) is 10.6 Å². The molecule has 0 bridgehead atoms. The third-order valence-electron chi connectivity index (χ3n) is 1.28. The Morgan fingerprint density at radius 3 is 2.73 bits per heavy atom. The van der Waals surface area contributed by atoms with Crippen molar-refractivity contribution < 1.29 is 9.90 Å². The van der Waals surface area contributed by atoms with Crippen molar-refractivity contribution in [3.63, 3.8) is 0 Å². The Hall–Kier alpha value is -1.09. The highest BCUT2D eigenvalue weighted by Crippen LogP contribution is 2.18. The first kappa shape index (κ1) is 8.01. The van der Waals surface area contributed by atoms with Gasteiger partial charge in [-0.1, -0.05) is 11.6 Å². The first-order chi connectivity index (χ1) is 5.13. The van der Waals surface area contributed by atoms with Crippen molar-refractivity contribution in [2.24, 2.45) is 0 Å². The molecule has 0 atom stereocenters. The summed E-state index contributed by atoms with van der Waals surface area (Å²) in [6.45, 7) is 1.71. The Kier molecular flexibility index (Phi) is 2.10. The smallest absolute Gasteiger partial charge is 0.338 e. The van der Waals surface area contributed by atoms with E-state index in [2.05, 4.69) is 4.98 Å². The third-order valence-corrected chi connectivity index (χ3v) is 1.79. The fraction of sp³-hybridized carbons (Fsp3) is 0.143. The fourth-order valence-electron chi connectivity index (χ4n) is 0.698. The molecule has 0 aliphatic heterocycles. The van der Waals surface area contributed by atoms with Crippen LogP contribution in [0.15, 0.2) is 12.4 Å². The van der Waals surface area contributed by atoms with Gasteiger partial charge in [0.2, 0.25) is 0 Å². The Balaban J connectivity index is 3.27. The highest BCUT2D eigenvalue weighted by molar-refractivity contribution is 6.34. The first-order valence-electron chi connectivity index (χ1n) is 2.96. The van der Waals surface area contributed by atoms with Crippen LogP contribution in [0.3, 0.4) is 0 Å². The van der Waals surface area contributed by atoms with E-state index in [0.717, 1.165) is 0 Å². The van der Waals surface area contributed by atoms with E-state index < -0.39 is 5.97 Å². The lowest BCUT2D eigenvalue weighted by Gasteiger charge is -1.99. The summed E-state index contributed by atoms with van der Waals surface area (Å²) in [6.07, 6.45) is 2.76. The molecule has 4 heteroatoms. The summed E-state index contributed by atoms with van der Waals surface area (Å²) in [5, 5.41) is 8.82. The second-order valence-electron chi connectivity index (χ2n) is 2.12. The molecule has 0 fully saturated rings. The lowest BCUT2D eigenvalue weighted by atomic mass is 10.2. The van der Waals surface area contributed by atoms with Crippen molar-refractivity contribution in [3.05, 3.63) is 28.5 Å². The molecule has 0 saturated heterocycles. The van der Waals surface area contributed by atoms with Crippen molar-refractivity contribution in [3.8, 4) is 0 Å². The Bertz CT molecular complexity index is 298. The zero-order valence-electron chi connectivity index (χ0n) is 5.84. The van der Waals surface area contributed by atoms with E-state index in [0.29, 0.717) is 5.56 Å². The van der Waals surface area contributed by atoms with Gasteiger partial charge < -0.3 is 5.11 Å². The van der Waals surface area contributed by atoms with Crippen LogP contribution in [0, 0.1) is 6.92 Å². The predicted octanol–water partition coefficient (Wildman–Crippen LogP) is 1.74. The zero-order valence-corrected chi connectivity index (χ0v) is 6.59. The van der Waals surface area contributed by atoms with Crippen molar-refractivity contribution in [2.45, 2.75) is 6.92 Å². The molecule has 1 aromatic heterocycles. The third kappa shape index (κ3) is 1.49. The van der Waals surface area contributed by atoms with Crippen LogP contribution in [0.1, 0.15) is 15.9 Å². The van der Waals surface area contributed by atoms with Crippen LogP contribution in [0.2, 0.25) is 5.02 Å². The number of aryl methyl sites for hydroxylation is 1. The molecule has 0 aliphatic rings. The number of carboxylic acids is 1. The van der Waals surface area contributed by atoms with Crippen LogP contribution in [0.4, 0.5) is 0 Å². The average Bonchev–Trinajstić information content (AvgIpc) is 1.94. The highest BCUT2D eigenvalue weighted by Gasteiger charge is 2.09. The van der Waals surface area contributed by atoms with Crippen LogP contribution in [0.25, 0.3) is 0 Å². The first-order valence-corrected chi connectivity index (χ1v) is 3.34. The van der Waals surface area contributed by atoms with E-state index in [4.69, 9.17) is 16.7 Å². The van der Waals surface area contributed by atoms with Gasteiger partial charge in [-0.05, 0) is 12.5 Å². The molecule has 0 amide bonds. The summed E-state index contributed by atoms with van der Waals surface area (Å²) in [4.78, 5) is 14.2. The number of carboxylic acid groups (broad SMARTS) is 1. The summed E-state index contributed by atoms with van der Waals surface area (Å²) >= 11 is 5.67. The monoisotopic (exact) mass is 171 g/mol. The van der Waals surface area contributed by atoms with Gasteiger partial charge in [-0.2, -0.15) is 0 Å². The molecule has 0 radical (unpaired) electrons. The maximum atomic E-state index is 10.4. The minimum Gasteiger partial charge on any atom is -0.478 e. The number of rotatable bonds is 1. The second-order valence-corrected chi connectivity index (χ2v) is 2.50. The fourth-order valence-corrected chi connectivity index (χ4v) is 0.877. The molecular weight excluding hydrogens is 166 g/mol. The Labute approximate surface area is 68.6 Å². The molecule has 0 saturated carbocycles. The number of hydrogen-bond acceptors (Lipinski definition) is 2. The van der Waals surface area contributed by atoms with E-state index >= 15 is 0 Å². The van der Waals surface area contributed by atoms with Crippen LogP contribution in [-0.4, -0.2) is 16.1 Å². The van der Waals surface area contributed by atoms with Crippen LogP contribution in [-0.2, 0) is 0 Å². The summed E-state index contributed by atoms with van der Waals surface area (Å²) in [5.41, 5.74) is 0.721. The summed E-state index contributed by atoms with van der Waals surface area (Å²) in [6, 6.07) is 0. The Morgan fingerprint density at radius 1 is 1.64 bits per heavy atom. The average molecular weight is 172 g/mol. The lowest BCUT2D eigenvalue weighted by molar-refractivity contribution is 0.0696. The number of aromatic nitrogens is 1. The van der Waals surface area contributed by atoms with Gasteiger partial charge in [-0.15, -0.1) is 0 Å². The minimum absolute atomic E-state index is 0.0478. The number of hydrogen-bond donors (Lipinski definition) is 1. The van der Waals surface area contributed by atoms with Gasteiger partial charge in [0.25, 0.3) is 0 Å². The largest absolute Gasteiger partial charge is 0.478 e. The zero-order chi connectivity index (χ0) is 8.43. The maximum absolute atomic E-state index is 10.4. The molecule has 11 heavy (non-hydrogen) atoms. The summed E-state index contributed by atoms with van der Waals surface area (Å²) in [7, 11) is 0. The van der Waals surface area contributed by atoms with Crippen molar-refractivity contribution in [1.82, 2.24) is 4.98 Å². The number of pyridine rings is 1. The molecule has 0 aromatic carbocycles. The van der Waals surface area contributed by atoms with Crippen LogP contribution < -0.4 is 0 Å². The molecule has 0 spiro atoms. The highest BCUT2D eigenvalue weighted by atomic mass is 35.5. The van der Waals surface area contributed by atoms with Crippen LogP contribution in [0.5, 0.6) is 0 Å². The molecular formula is C7H6ClNO2. The topological polar surface area (TPSA) is 50.2 Å². The van der Waals surface area contributed by atoms with Crippen molar-refractivity contribution in [1.29, 1.82) is 0 Å². The molecule has 3 nitrogen and oxygen atoms in total. The van der Waals surface area contributed by atoms with Gasteiger partial charge in [-0.25, -0.2) is 4.79 Å². The van der Waals surface area contributed by atoms with E-state index in [1.54, 1.807) is 6.92 Å². The van der Waals surface area contributed by atoms with Gasteiger partial charge in [0.1, 0.15) is 0 Å². The maximum Gasteiger partial charge on any atom is 0.338 e. The second kappa shape index (κ2) is 2.88. The number of halogens is 1. The van der Waals surface area contributed by atoms with Crippen molar-refractivity contribution in [2.75, 3.05) is 0 Å². The minimum atomic E-state index is -1.05. The molecule has 1 heterocycles. The number of nitrogens with zero attached hydrogens (tertiary/aromatic N) is 1. The van der Waals surface area contributed by atoms with E-state index in [1.165, 1.54) is 12.4 Å². The van der Waals surface area contributed by atoms with E-state index in [1.807, 2.05) is 0 Å². The van der Waals surface area contributed by atoms with Gasteiger partial charge in [-0.3, -0.25) is 4.98 Å². The molecule has 1 aromatic rings. The predicted molar refractivity (Wildman–Crippen MR) is 40.9 cm³/mol. The van der Waals surface area contributed by atoms with Crippen LogP contribution >= 0.6 is 11.6 Å². The van der Waals surface area contributed by atoms with E-state index in [-0.39, 0.29) is 10.6 Å². The van der Waals surface area contributed by atoms with Gasteiger partial charge >= 0.3 is 5.97 Å². The molecule has 1 rings (SSSR count). The van der Waals surface area contributed by atoms with Gasteiger partial charge in [0.15, 0.2) is 0 Å². The molecule has 0 aliphatic carbocycles. The lowest BCUT2D eigenvalue weighted by Crippen LogP contribution is -1.99. The van der Waals surface area contributed by atoms with E-state index in [9.17, 15) is 4.79 Å². The SMILES string of the molecule is Cc1cncc(C(=O)O)c1Cl. The normalized spacial score (nSPS) is 9.64. The quantitative estimate of drug-likeness (QED) is 0.700. The van der Waals surface area contributed by atoms with Crippen molar-refractivity contribution >= 4 is 17.6 Å². The molecule has 0 unspecified atom stereocenters. The summed E-state index contributed by atoms with van der Waals surface area (Å²) < 4.78 is 0.